The zero-order chi connectivity index (χ0) is 14.9. The molecule has 0 aliphatic heterocycles. The van der Waals surface area contributed by atoms with Crippen LogP contribution in [0.25, 0.3) is 10.9 Å². The van der Waals surface area contributed by atoms with Crippen molar-refractivity contribution in [2.45, 2.75) is 6.92 Å². The van der Waals surface area contributed by atoms with Crippen LogP contribution in [-0.4, -0.2) is 40.0 Å². The second-order valence-corrected chi connectivity index (χ2v) is 5.10. The van der Waals surface area contributed by atoms with Crippen molar-refractivity contribution in [3.05, 3.63) is 36.0 Å². The summed E-state index contributed by atoms with van der Waals surface area (Å²) in [6, 6.07) is 7.66. The molecule has 0 spiro atoms. The summed E-state index contributed by atoms with van der Waals surface area (Å²) >= 11 is 0. The first-order chi connectivity index (χ1) is 9.41. The van der Waals surface area contributed by atoms with Crippen molar-refractivity contribution in [3.8, 4) is 0 Å². The molecule has 1 amide bonds. The molecule has 20 heavy (non-hydrogen) atoms. The van der Waals surface area contributed by atoms with E-state index in [1.54, 1.807) is 20.2 Å². The van der Waals surface area contributed by atoms with Crippen LogP contribution >= 0.6 is 0 Å². The standard InChI is InChI=1S/C15H18N2O3/c1-10(15(19)20)8-17(3)14(18)12-9-16(2)13-7-5-4-6-11(12)13/h4-7,9-10H,8H2,1-3H3,(H,19,20). The first kappa shape index (κ1) is 14.1. The third-order valence-electron chi connectivity index (χ3n) is 3.44. The molecule has 0 fully saturated rings. The number of aryl methyl sites for hydroxylation is 1. The average Bonchev–Trinajstić information content (AvgIpc) is 2.75. The van der Waals surface area contributed by atoms with Gasteiger partial charge in [-0.25, -0.2) is 0 Å². The Labute approximate surface area is 117 Å². The number of carboxylic acid groups (broad SMARTS) is 1. The monoisotopic (exact) mass is 274 g/mol. The SMILES string of the molecule is CC(CN(C)C(=O)c1cn(C)c2ccccc12)C(=O)O. The molecule has 0 radical (unpaired) electrons. The molecule has 1 heterocycles. The fourth-order valence-corrected chi connectivity index (χ4v) is 2.29. The molecule has 0 saturated carbocycles. The molecule has 1 aromatic carbocycles. The van der Waals surface area contributed by atoms with E-state index in [-0.39, 0.29) is 12.5 Å². The maximum atomic E-state index is 12.4. The summed E-state index contributed by atoms with van der Waals surface area (Å²) in [4.78, 5) is 24.8. The van der Waals surface area contributed by atoms with Crippen molar-refractivity contribution in [2.75, 3.05) is 13.6 Å². The quantitative estimate of drug-likeness (QED) is 0.927. The lowest BCUT2D eigenvalue weighted by molar-refractivity contribution is -0.141. The number of carboxylic acids is 1. The summed E-state index contributed by atoms with van der Waals surface area (Å²) in [7, 11) is 3.52. The number of carbonyl (C=O) groups is 2. The zero-order valence-electron chi connectivity index (χ0n) is 11.8. The van der Waals surface area contributed by atoms with Gasteiger partial charge in [-0.1, -0.05) is 25.1 Å². The fraction of sp³-hybridized carbons (Fsp3) is 0.333. The Morgan fingerprint density at radius 1 is 1.35 bits per heavy atom. The van der Waals surface area contributed by atoms with Gasteiger partial charge in [0, 0.05) is 37.7 Å². The Bertz CT molecular complexity index is 660. The minimum atomic E-state index is -0.900. The summed E-state index contributed by atoms with van der Waals surface area (Å²) in [5, 5.41) is 9.80. The number of para-hydroxylation sites is 1. The summed E-state index contributed by atoms with van der Waals surface area (Å²) in [6.45, 7) is 1.78. The van der Waals surface area contributed by atoms with Gasteiger partial charge in [-0.15, -0.1) is 0 Å². The molecule has 5 heteroatoms. The number of hydrogen-bond acceptors (Lipinski definition) is 2. The van der Waals surface area contributed by atoms with Crippen LogP contribution in [0.4, 0.5) is 0 Å². The molecule has 0 saturated heterocycles. The van der Waals surface area contributed by atoms with E-state index in [0.717, 1.165) is 10.9 Å². The maximum Gasteiger partial charge on any atom is 0.308 e. The summed E-state index contributed by atoms with van der Waals surface area (Å²) < 4.78 is 1.90. The molecule has 1 N–H and O–H groups in total. The van der Waals surface area contributed by atoms with E-state index < -0.39 is 11.9 Å². The normalized spacial score (nSPS) is 12.3. The number of fused-ring (bicyclic) bond motifs is 1. The number of aromatic nitrogens is 1. The molecule has 2 rings (SSSR count). The van der Waals surface area contributed by atoms with Crippen LogP contribution in [0.3, 0.4) is 0 Å². The number of rotatable bonds is 4. The van der Waals surface area contributed by atoms with E-state index in [1.165, 1.54) is 4.90 Å². The topological polar surface area (TPSA) is 62.5 Å². The Morgan fingerprint density at radius 2 is 2.00 bits per heavy atom. The lowest BCUT2D eigenvalue weighted by Gasteiger charge is -2.19. The largest absolute Gasteiger partial charge is 0.481 e. The lowest BCUT2D eigenvalue weighted by atomic mass is 10.1. The van der Waals surface area contributed by atoms with Gasteiger partial charge in [0.1, 0.15) is 0 Å². The minimum Gasteiger partial charge on any atom is -0.481 e. The van der Waals surface area contributed by atoms with Crippen LogP contribution < -0.4 is 0 Å². The van der Waals surface area contributed by atoms with Crippen LogP contribution in [0.15, 0.2) is 30.5 Å². The number of hydrogen-bond donors (Lipinski definition) is 1. The molecule has 1 aromatic heterocycles. The van der Waals surface area contributed by atoms with E-state index >= 15 is 0 Å². The van der Waals surface area contributed by atoms with E-state index in [4.69, 9.17) is 5.11 Å². The highest BCUT2D eigenvalue weighted by Gasteiger charge is 2.21. The molecule has 106 valence electrons. The Balaban J connectivity index is 2.30. The van der Waals surface area contributed by atoms with Crippen molar-refractivity contribution in [3.63, 3.8) is 0 Å². The van der Waals surface area contributed by atoms with E-state index in [2.05, 4.69) is 0 Å². The average molecular weight is 274 g/mol. The third-order valence-corrected chi connectivity index (χ3v) is 3.44. The molecular weight excluding hydrogens is 256 g/mol. The number of amides is 1. The van der Waals surface area contributed by atoms with E-state index in [9.17, 15) is 9.59 Å². The Morgan fingerprint density at radius 3 is 2.65 bits per heavy atom. The van der Waals surface area contributed by atoms with E-state index in [0.29, 0.717) is 5.56 Å². The predicted octanol–water partition coefficient (Wildman–Crippen LogP) is 1.97. The highest BCUT2D eigenvalue weighted by Crippen LogP contribution is 2.21. The van der Waals surface area contributed by atoms with Crippen LogP contribution in [0.1, 0.15) is 17.3 Å². The fourth-order valence-electron chi connectivity index (χ4n) is 2.29. The minimum absolute atomic E-state index is 0.157. The zero-order valence-corrected chi connectivity index (χ0v) is 11.8. The predicted molar refractivity (Wildman–Crippen MR) is 76.7 cm³/mol. The number of aliphatic carboxylic acids is 1. The van der Waals surface area contributed by atoms with Gasteiger partial charge in [-0.05, 0) is 6.07 Å². The van der Waals surface area contributed by atoms with Gasteiger partial charge in [-0.2, -0.15) is 0 Å². The van der Waals surface area contributed by atoms with Crippen molar-refractivity contribution >= 4 is 22.8 Å². The van der Waals surface area contributed by atoms with Gasteiger partial charge in [-0.3, -0.25) is 9.59 Å². The Hall–Kier alpha value is -2.30. The van der Waals surface area contributed by atoms with Crippen molar-refractivity contribution in [1.82, 2.24) is 9.47 Å². The first-order valence-corrected chi connectivity index (χ1v) is 6.44. The van der Waals surface area contributed by atoms with Crippen LogP contribution in [0.5, 0.6) is 0 Å². The van der Waals surface area contributed by atoms with Crippen molar-refractivity contribution in [2.24, 2.45) is 13.0 Å². The molecular formula is C15H18N2O3. The molecule has 1 unspecified atom stereocenters. The van der Waals surface area contributed by atoms with Crippen molar-refractivity contribution in [1.29, 1.82) is 0 Å². The Kier molecular flexibility index (Phi) is 3.79. The van der Waals surface area contributed by atoms with Crippen LogP contribution in [0.2, 0.25) is 0 Å². The molecule has 2 aromatic rings. The smallest absolute Gasteiger partial charge is 0.308 e. The lowest BCUT2D eigenvalue weighted by Crippen LogP contribution is -2.33. The van der Waals surface area contributed by atoms with Gasteiger partial charge in [0.05, 0.1) is 11.5 Å². The molecule has 5 nitrogen and oxygen atoms in total. The number of carbonyl (C=O) groups excluding carboxylic acids is 1. The molecule has 0 bridgehead atoms. The van der Waals surface area contributed by atoms with Gasteiger partial charge >= 0.3 is 5.97 Å². The van der Waals surface area contributed by atoms with Gasteiger partial charge < -0.3 is 14.6 Å². The summed E-state index contributed by atoms with van der Waals surface area (Å²) in [5.41, 5.74) is 1.58. The van der Waals surface area contributed by atoms with Gasteiger partial charge in [0.2, 0.25) is 0 Å². The van der Waals surface area contributed by atoms with E-state index in [1.807, 2.05) is 35.9 Å². The third kappa shape index (κ3) is 2.52. The molecule has 0 aliphatic rings. The summed E-state index contributed by atoms with van der Waals surface area (Å²) in [6.07, 6.45) is 1.79. The number of benzene rings is 1. The molecule has 0 aliphatic carbocycles. The van der Waals surface area contributed by atoms with Crippen LogP contribution in [-0.2, 0) is 11.8 Å². The second-order valence-electron chi connectivity index (χ2n) is 5.10. The van der Waals surface area contributed by atoms with Gasteiger partial charge in [0.25, 0.3) is 5.91 Å². The van der Waals surface area contributed by atoms with Crippen LogP contribution in [0, 0.1) is 5.92 Å². The number of nitrogens with zero attached hydrogens (tertiary/aromatic N) is 2. The summed E-state index contributed by atoms with van der Waals surface area (Å²) in [5.74, 6) is -1.64. The van der Waals surface area contributed by atoms with Crippen molar-refractivity contribution < 1.29 is 14.7 Å². The van der Waals surface area contributed by atoms with Gasteiger partial charge in [0.15, 0.2) is 0 Å². The first-order valence-electron chi connectivity index (χ1n) is 6.44. The highest BCUT2D eigenvalue weighted by atomic mass is 16.4. The highest BCUT2D eigenvalue weighted by molar-refractivity contribution is 6.06. The second kappa shape index (κ2) is 5.36. The molecule has 1 atom stereocenters. The maximum absolute atomic E-state index is 12.4.